The lowest BCUT2D eigenvalue weighted by molar-refractivity contribution is -0.126. The minimum Gasteiger partial charge on any atom is -0.478 e. The van der Waals surface area contributed by atoms with E-state index in [2.05, 4.69) is 22.4 Å². The zero-order chi connectivity index (χ0) is 58.4. The Labute approximate surface area is 475 Å². The molecule has 22 heteroatoms. The summed E-state index contributed by atoms with van der Waals surface area (Å²) in [5, 5.41) is 20.1. The molecule has 15 nitrogen and oxygen atoms in total. The maximum absolute atomic E-state index is 13.1. The van der Waals surface area contributed by atoms with E-state index in [9.17, 15) is 41.5 Å². The second kappa shape index (κ2) is 30.0. The molecule has 2 aliphatic heterocycles. The van der Waals surface area contributed by atoms with Gasteiger partial charge >= 0.3 is 11.9 Å². The number of nitrogens with two attached hydrogens (primary N) is 1. The lowest BCUT2D eigenvalue weighted by atomic mass is 10.1. The number of aromatic carboxylic acids is 2. The standard InChI is InChI=1S/C22H14FNO5S.C12H8O4.C10H8FNO2S.C8H6FNS.C7H8FN/c23-16-7-1-13(2-8-16)12-24-20(25)19(29-22(24)30)11-17-9-10-18(28-17)14-3-5-15(6-4-14)21(26)27;13-7-10-5-6-11(16-10)8-1-3-9(4-2-8)12(14)15;11-8-3-1-7(2-4-8)5-12-9(13)6-14-10(12)15;9-8-3-1-7(2-4-8)5-10-6-11;8-7-3-1-6(5-9)2-4-7/h1-11H,12H2,(H,26,27);1-7H,(H,14,15);1-4H,5-6H2;1-4H,5H2;1-4H,5,9H2/b19-11-;;;;. The molecule has 10 rings (SSSR count). The third kappa shape index (κ3) is 18.5. The molecule has 2 fully saturated rings. The second-order valence-corrected chi connectivity index (χ2v) is 17.6. The summed E-state index contributed by atoms with van der Waals surface area (Å²) in [5.74, 6) is -1.99. The number of isothiocyanates is 1. The number of amides is 2. The van der Waals surface area contributed by atoms with Gasteiger partial charge in [-0.1, -0.05) is 72.8 Å². The first-order valence-electron chi connectivity index (χ1n) is 23.7. The first-order chi connectivity index (χ1) is 38.9. The average molecular weight is 1160 g/mol. The van der Waals surface area contributed by atoms with Gasteiger partial charge in [-0.3, -0.25) is 24.2 Å². The molecule has 0 aliphatic carbocycles. The maximum atomic E-state index is 13.1. The van der Waals surface area contributed by atoms with Crippen LogP contribution in [0.3, 0.4) is 0 Å². The van der Waals surface area contributed by atoms with E-state index < -0.39 is 17.8 Å². The summed E-state index contributed by atoms with van der Waals surface area (Å²) in [6.07, 6.45) is 2.06. The molecule has 81 heavy (non-hydrogen) atoms. The van der Waals surface area contributed by atoms with Crippen LogP contribution in [0.4, 0.5) is 17.6 Å². The van der Waals surface area contributed by atoms with Gasteiger partial charge in [-0.05, 0) is 156 Å². The van der Waals surface area contributed by atoms with Crippen LogP contribution in [-0.2, 0) is 45.2 Å². The van der Waals surface area contributed by atoms with Crippen molar-refractivity contribution < 1.29 is 70.1 Å². The van der Waals surface area contributed by atoms with E-state index in [-0.39, 0.29) is 75.3 Å². The largest absolute Gasteiger partial charge is 0.478 e. The minimum absolute atomic E-state index is 0.0000278. The summed E-state index contributed by atoms with van der Waals surface area (Å²) in [5.41, 5.74) is 10.5. The molecule has 8 aromatic rings. The van der Waals surface area contributed by atoms with Crippen LogP contribution in [0.25, 0.3) is 28.7 Å². The highest BCUT2D eigenvalue weighted by atomic mass is 32.1. The van der Waals surface area contributed by atoms with Crippen LogP contribution in [0, 0.1) is 23.3 Å². The molecule has 0 atom stereocenters. The highest BCUT2D eigenvalue weighted by Gasteiger charge is 2.34. The number of thiocarbonyl (C=S) groups is 3. The van der Waals surface area contributed by atoms with Crippen molar-refractivity contribution in [1.82, 2.24) is 9.80 Å². The van der Waals surface area contributed by atoms with Gasteiger partial charge in [-0.25, -0.2) is 32.1 Å². The van der Waals surface area contributed by atoms with E-state index in [1.807, 2.05) is 0 Å². The highest BCUT2D eigenvalue weighted by molar-refractivity contribution is 7.80. The molecule has 0 radical (unpaired) electrons. The van der Waals surface area contributed by atoms with E-state index in [0.717, 1.165) is 22.3 Å². The summed E-state index contributed by atoms with van der Waals surface area (Å²) in [6.45, 7) is 1.44. The number of furan rings is 2. The molecule has 4 heterocycles. The van der Waals surface area contributed by atoms with Crippen molar-refractivity contribution in [1.29, 1.82) is 0 Å². The first-order valence-corrected chi connectivity index (χ1v) is 24.9. The predicted molar refractivity (Wildman–Crippen MR) is 301 cm³/mol. The number of ether oxygens (including phenoxy) is 2. The van der Waals surface area contributed by atoms with Crippen LogP contribution in [0.5, 0.6) is 0 Å². The number of nitrogens with zero attached hydrogens (tertiary/aromatic N) is 3. The van der Waals surface area contributed by atoms with Crippen LogP contribution >= 0.6 is 36.7 Å². The Bertz CT molecular complexity index is 3560. The minimum atomic E-state index is -1.01. The number of aliphatic imine (C=N–C) groups is 1. The number of carbonyl (C=O) groups excluding carboxylic acids is 3. The lowest BCUT2D eigenvalue weighted by Crippen LogP contribution is -2.28. The Hall–Kier alpha value is -9.57. The zero-order valence-electron chi connectivity index (χ0n) is 42.1. The Morgan fingerprint density at radius 3 is 1.40 bits per heavy atom. The van der Waals surface area contributed by atoms with Crippen molar-refractivity contribution in [3.63, 3.8) is 0 Å². The number of carboxylic acid groups (broad SMARTS) is 2. The van der Waals surface area contributed by atoms with Crippen LogP contribution in [0.2, 0.25) is 0 Å². The molecule has 4 N–H and O–H groups in total. The monoisotopic (exact) mass is 1160 g/mol. The number of aldehydes is 1. The molecule has 2 aromatic heterocycles. The molecule has 0 unspecified atom stereocenters. The molecule has 412 valence electrons. The van der Waals surface area contributed by atoms with Gasteiger partial charge in [0.05, 0.1) is 35.9 Å². The van der Waals surface area contributed by atoms with Gasteiger partial charge in [-0.2, -0.15) is 0 Å². The van der Waals surface area contributed by atoms with Gasteiger partial charge in [-0.15, -0.1) is 0 Å². The number of halogens is 4. The lowest BCUT2D eigenvalue weighted by Gasteiger charge is -2.12. The van der Waals surface area contributed by atoms with E-state index in [1.54, 1.807) is 97.1 Å². The Morgan fingerprint density at radius 1 is 0.580 bits per heavy atom. The number of carbonyl (C=O) groups is 5. The number of hydrogen-bond donors (Lipinski definition) is 3. The molecule has 2 amide bonds. The highest BCUT2D eigenvalue weighted by Crippen LogP contribution is 2.27. The van der Waals surface area contributed by atoms with Crippen molar-refractivity contribution in [2.24, 2.45) is 10.7 Å². The summed E-state index contributed by atoms with van der Waals surface area (Å²) in [6, 6.07) is 43.1. The Morgan fingerprint density at radius 2 is 1.00 bits per heavy atom. The van der Waals surface area contributed by atoms with Gasteiger partial charge in [0.1, 0.15) is 40.5 Å². The van der Waals surface area contributed by atoms with Gasteiger partial charge in [0.2, 0.25) is 0 Å². The van der Waals surface area contributed by atoms with Crippen molar-refractivity contribution in [2.75, 3.05) is 6.61 Å². The van der Waals surface area contributed by atoms with E-state index >= 15 is 0 Å². The quantitative estimate of drug-likeness (QED) is 0.0322. The van der Waals surface area contributed by atoms with Crippen molar-refractivity contribution in [2.45, 2.75) is 26.2 Å². The fourth-order valence-corrected chi connectivity index (χ4v) is 7.42. The predicted octanol–water partition coefficient (Wildman–Crippen LogP) is 12.1. The molecule has 0 bridgehead atoms. The van der Waals surface area contributed by atoms with E-state index in [1.165, 1.54) is 88.7 Å². The Balaban J connectivity index is 0.000000176. The fraction of sp³-hybridized carbons (Fsp3) is 0.0847. The average Bonchev–Trinajstić information content (AvgIpc) is 4.43. The van der Waals surface area contributed by atoms with E-state index in [0.29, 0.717) is 54.3 Å². The first kappa shape index (κ1) is 60.7. The molecular formula is C59H44F4N4O11S3. The van der Waals surface area contributed by atoms with Gasteiger partial charge in [0.15, 0.2) is 24.4 Å². The van der Waals surface area contributed by atoms with Crippen LogP contribution in [0.1, 0.15) is 59.3 Å². The van der Waals surface area contributed by atoms with Crippen molar-refractivity contribution in [3.05, 3.63) is 244 Å². The molecule has 0 saturated carbocycles. The zero-order valence-corrected chi connectivity index (χ0v) is 44.5. The summed E-state index contributed by atoms with van der Waals surface area (Å²) in [7, 11) is 0. The molecular weight excluding hydrogens is 1110 g/mol. The van der Waals surface area contributed by atoms with E-state index in [4.69, 9.17) is 58.7 Å². The van der Waals surface area contributed by atoms with Crippen molar-refractivity contribution in [3.8, 4) is 22.6 Å². The van der Waals surface area contributed by atoms with Crippen LogP contribution < -0.4 is 5.73 Å². The SMILES string of the molecule is Fc1ccc(CN=C=S)cc1.NCc1ccc(F)cc1.O=C(O)c1ccc(-c2ccc(/C=C3\OC(=S)N(Cc4ccc(F)cc4)C3=O)o2)cc1.O=C1COC(=S)N1Cc1ccc(F)cc1.O=Cc1ccc(-c2ccc(C(=O)O)cc2)o1. The number of hydrogen-bond acceptors (Lipinski definition) is 14. The van der Waals surface area contributed by atoms with Gasteiger partial charge in [0, 0.05) is 23.7 Å². The normalized spacial score (nSPS) is 12.7. The summed E-state index contributed by atoms with van der Waals surface area (Å²) >= 11 is 14.4. The number of rotatable bonds is 13. The molecule has 6 aromatic carbocycles. The smallest absolute Gasteiger partial charge is 0.335 e. The van der Waals surface area contributed by atoms with Crippen LogP contribution in [0.15, 0.2) is 189 Å². The topological polar surface area (TPSA) is 215 Å². The fourth-order valence-electron chi connectivity index (χ4n) is 6.89. The second-order valence-electron chi connectivity index (χ2n) is 16.7. The molecule has 2 saturated heterocycles. The van der Waals surface area contributed by atoms with Crippen LogP contribution in [-0.4, -0.2) is 72.2 Å². The Kier molecular flexibility index (Phi) is 22.4. The third-order valence-corrected chi connectivity index (χ3v) is 11.9. The maximum Gasteiger partial charge on any atom is 0.335 e. The third-order valence-electron chi connectivity index (χ3n) is 11.1. The summed E-state index contributed by atoms with van der Waals surface area (Å²) < 4.78 is 71.5. The number of benzene rings is 6. The van der Waals surface area contributed by atoms with Crippen molar-refractivity contribution >= 4 is 88.3 Å². The molecule has 0 spiro atoms. The summed E-state index contributed by atoms with van der Waals surface area (Å²) in [4.78, 5) is 62.3. The van der Waals surface area contributed by atoms with Gasteiger partial charge < -0.3 is 34.3 Å². The number of carboxylic acids is 2. The van der Waals surface area contributed by atoms with Gasteiger partial charge in [0.25, 0.3) is 22.2 Å². The molecule has 2 aliphatic rings.